The van der Waals surface area contributed by atoms with Crippen molar-refractivity contribution < 1.29 is 93.2 Å². The number of aromatic hydroxyl groups is 4. The zero-order valence-corrected chi connectivity index (χ0v) is 35.2. The summed E-state index contributed by atoms with van der Waals surface area (Å²) in [5, 5.41) is 83.2. The number of hydrogen-bond acceptors (Lipinski definition) is 19. The number of esters is 4. The molecule has 19 nitrogen and oxygen atoms in total. The zero-order valence-electron chi connectivity index (χ0n) is 35.2. The van der Waals surface area contributed by atoms with E-state index in [9.17, 15) is 60.0 Å². The molecule has 2 saturated heterocycles. The van der Waals surface area contributed by atoms with Gasteiger partial charge in [0.05, 0.1) is 0 Å². The van der Waals surface area contributed by atoms with Gasteiger partial charge in [0, 0.05) is 24.3 Å². The predicted octanol–water partition coefficient (Wildman–Crippen LogP) is 2.48. The van der Waals surface area contributed by atoms with Gasteiger partial charge in [0.1, 0.15) is 79.4 Å². The van der Waals surface area contributed by atoms with E-state index in [0.717, 1.165) is 24.3 Å². The number of aliphatic hydroxyl groups excluding tert-OH is 4. The van der Waals surface area contributed by atoms with Crippen LogP contribution >= 0.6 is 0 Å². The lowest BCUT2D eigenvalue weighted by Gasteiger charge is -2.43. The van der Waals surface area contributed by atoms with Gasteiger partial charge in [-0.25, -0.2) is 19.2 Å². The Bertz CT molecular complexity index is 2430. The summed E-state index contributed by atoms with van der Waals surface area (Å²) in [6, 6.07) is 23.1. The molecule has 0 aliphatic carbocycles. The van der Waals surface area contributed by atoms with Crippen LogP contribution in [0.2, 0.25) is 0 Å². The number of carbonyl (C=O) groups is 4. The molecule has 67 heavy (non-hydrogen) atoms. The molecule has 4 aromatic rings. The smallest absolute Gasteiger partial charge is 0.331 e. The zero-order chi connectivity index (χ0) is 48.1. The van der Waals surface area contributed by atoms with Crippen molar-refractivity contribution >= 4 is 48.2 Å². The molecule has 6 rings (SSSR count). The van der Waals surface area contributed by atoms with Gasteiger partial charge in [0.15, 0.2) is 12.4 Å². The fraction of sp³-hybridized carbons (Fsp3) is 0.250. The van der Waals surface area contributed by atoms with E-state index < -0.39 is 98.5 Å². The number of rotatable bonds is 17. The normalized spacial score (nSPS) is 25.1. The van der Waals surface area contributed by atoms with Crippen LogP contribution in [0.5, 0.6) is 23.0 Å². The van der Waals surface area contributed by atoms with Gasteiger partial charge in [-0.15, -0.1) is 0 Å². The highest BCUT2D eigenvalue weighted by molar-refractivity contribution is 5.89. The van der Waals surface area contributed by atoms with E-state index in [1.54, 1.807) is 0 Å². The Morgan fingerprint density at radius 2 is 0.851 bits per heavy atom. The summed E-state index contributed by atoms with van der Waals surface area (Å²) in [4.78, 5) is 52.2. The van der Waals surface area contributed by atoms with Crippen molar-refractivity contribution in [2.24, 2.45) is 0 Å². The van der Waals surface area contributed by atoms with Crippen LogP contribution in [0.1, 0.15) is 22.3 Å². The van der Waals surface area contributed by atoms with Crippen LogP contribution in [-0.4, -0.2) is 139 Å². The monoisotopic (exact) mass is 926 g/mol. The van der Waals surface area contributed by atoms with Crippen molar-refractivity contribution in [2.45, 2.75) is 54.8 Å². The van der Waals surface area contributed by atoms with E-state index >= 15 is 0 Å². The Morgan fingerprint density at radius 1 is 0.478 bits per heavy atom. The van der Waals surface area contributed by atoms with Gasteiger partial charge in [-0.1, -0.05) is 48.5 Å². The lowest BCUT2D eigenvalue weighted by Crippen LogP contribution is -2.63. The minimum absolute atomic E-state index is 0.00193. The first kappa shape index (κ1) is 49.1. The average molecular weight is 927 g/mol. The fourth-order valence-electron chi connectivity index (χ4n) is 6.54. The van der Waals surface area contributed by atoms with Crippen LogP contribution in [0.4, 0.5) is 0 Å². The molecule has 352 valence electrons. The maximum Gasteiger partial charge on any atom is 0.331 e. The standard InChI is InChI=1S/C48H46O19/c49-32-13-1-28(2-14-32)9-21-38(53)61-25-36-42(57)44(59)45(60)47(64-36)67-48(27-63-40(55)23-11-30-5-17-34(51)18-6-30)46(65-41(56)24-12-31-7-19-35(52)20-8-31)43(58)37(66-48)26-62-39(54)22-10-29-3-15-33(50)16-4-29/h1-24,36-37,42-47,49-52,57-60H,25-27H2. The number of phenolic OH excluding ortho intramolecular Hbond substituents is 4. The van der Waals surface area contributed by atoms with Crippen molar-refractivity contribution in [3.8, 4) is 23.0 Å². The van der Waals surface area contributed by atoms with Crippen LogP contribution in [-0.2, 0) is 52.3 Å². The molecule has 0 bridgehead atoms. The van der Waals surface area contributed by atoms with Gasteiger partial charge in [0.2, 0.25) is 5.79 Å². The Hall–Kier alpha value is -7.36. The molecule has 2 aliphatic rings. The van der Waals surface area contributed by atoms with Crippen molar-refractivity contribution in [2.75, 3.05) is 19.8 Å². The van der Waals surface area contributed by atoms with E-state index in [0.29, 0.717) is 22.3 Å². The molecule has 0 saturated carbocycles. The number of hydrogen-bond donors (Lipinski definition) is 8. The Balaban J connectivity index is 1.27. The summed E-state index contributed by atoms with van der Waals surface area (Å²) >= 11 is 0. The topological polar surface area (TPSA) is 295 Å². The molecule has 4 aromatic carbocycles. The van der Waals surface area contributed by atoms with Gasteiger partial charge < -0.3 is 74.0 Å². The van der Waals surface area contributed by atoms with E-state index in [-0.39, 0.29) is 23.0 Å². The summed E-state index contributed by atoms with van der Waals surface area (Å²) < 4.78 is 39.8. The van der Waals surface area contributed by atoms with Gasteiger partial charge >= 0.3 is 23.9 Å². The average Bonchev–Trinajstić information content (AvgIpc) is 3.57. The third-order valence-electron chi connectivity index (χ3n) is 10.1. The van der Waals surface area contributed by atoms with Crippen molar-refractivity contribution in [1.82, 2.24) is 0 Å². The molecule has 19 heteroatoms. The highest BCUT2D eigenvalue weighted by atomic mass is 16.8. The second-order valence-corrected chi connectivity index (χ2v) is 15.0. The molecular weight excluding hydrogens is 881 g/mol. The van der Waals surface area contributed by atoms with Crippen molar-refractivity contribution in [3.05, 3.63) is 144 Å². The number of benzene rings is 4. The highest BCUT2D eigenvalue weighted by Crippen LogP contribution is 2.39. The lowest BCUT2D eigenvalue weighted by molar-refractivity contribution is -0.383. The van der Waals surface area contributed by atoms with Crippen LogP contribution in [0.3, 0.4) is 0 Å². The van der Waals surface area contributed by atoms with Crippen LogP contribution < -0.4 is 0 Å². The first-order valence-electron chi connectivity index (χ1n) is 20.4. The molecule has 9 unspecified atom stereocenters. The molecule has 2 heterocycles. The van der Waals surface area contributed by atoms with E-state index in [4.69, 9.17) is 33.2 Å². The molecule has 9 atom stereocenters. The quantitative estimate of drug-likeness (QED) is 0.0429. The Labute approximate surface area is 381 Å². The molecule has 2 aliphatic heterocycles. The fourth-order valence-corrected chi connectivity index (χ4v) is 6.54. The summed E-state index contributed by atoms with van der Waals surface area (Å²) in [6.07, 6.45) is -5.99. The predicted molar refractivity (Wildman–Crippen MR) is 233 cm³/mol. The molecule has 0 amide bonds. The summed E-state index contributed by atoms with van der Waals surface area (Å²) in [7, 11) is 0. The molecule has 0 spiro atoms. The van der Waals surface area contributed by atoms with Crippen molar-refractivity contribution in [1.29, 1.82) is 0 Å². The summed E-state index contributed by atoms with van der Waals surface area (Å²) in [5.74, 6) is -6.79. The highest BCUT2D eigenvalue weighted by Gasteiger charge is 2.62. The van der Waals surface area contributed by atoms with E-state index in [1.807, 2.05) is 0 Å². The Kier molecular flexibility index (Phi) is 16.6. The number of aliphatic hydroxyl groups is 4. The largest absolute Gasteiger partial charge is 0.508 e. The van der Waals surface area contributed by atoms with Crippen molar-refractivity contribution in [3.63, 3.8) is 0 Å². The minimum atomic E-state index is -2.68. The first-order valence-corrected chi connectivity index (χ1v) is 20.4. The first-order chi connectivity index (χ1) is 32.1. The Morgan fingerprint density at radius 3 is 1.27 bits per heavy atom. The number of carbonyl (C=O) groups excluding carboxylic acids is 4. The van der Waals surface area contributed by atoms with Crippen LogP contribution in [0, 0.1) is 0 Å². The maximum atomic E-state index is 13.5. The van der Waals surface area contributed by atoms with Gasteiger partial charge in [-0.3, -0.25) is 0 Å². The number of ether oxygens (including phenoxy) is 7. The number of phenols is 4. The molecular formula is C48H46O19. The molecule has 0 radical (unpaired) electrons. The van der Waals surface area contributed by atoms with Gasteiger partial charge in [0.25, 0.3) is 0 Å². The third-order valence-corrected chi connectivity index (χ3v) is 10.1. The lowest BCUT2D eigenvalue weighted by atomic mass is 9.98. The van der Waals surface area contributed by atoms with Gasteiger partial charge in [-0.2, -0.15) is 0 Å². The summed E-state index contributed by atoms with van der Waals surface area (Å²) in [5.41, 5.74) is 1.95. The summed E-state index contributed by atoms with van der Waals surface area (Å²) in [6.45, 7) is -2.53. The SMILES string of the molecule is O=C(C=Cc1ccc(O)cc1)OCC1OC(OC2(COC(=O)C=Cc3ccc(O)cc3)OC(COC(=O)C=Cc3ccc(O)cc3)C(O)C2OC(=O)C=Cc2ccc(O)cc2)C(O)C(O)C1O. The second kappa shape index (κ2) is 22.7. The maximum absolute atomic E-state index is 13.5. The van der Waals surface area contributed by atoms with Crippen LogP contribution in [0.25, 0.3) is 24.3 Å². The van der Waals surface area contributed by atoms with Gasteiger partial charge in [-0.05, 0) is 95.1 Å². The third kappa shape index (κ3) is 13.8. The second-order valence-electron chi connectivity index (χ2n) is 15.0. The molecule has 0 aromatic heterocycles. The minimum Gasteiger partial charge on any atom is -0.508 e. The van der Waals surface area contributed by atoms with E-state index in [1.165, 1.54) is 121 Å². The molecule has 2 fully saturated rings. The van der Waals surface area contributed by atoms with Crippen LogP contribution in [0.15, 0.2) is 121 Å². The van der Waals surface area contributed by atoms with E-state index in [2.05, 4.69) is 0 Å². The molecule has 8 N–H and O–H groups in total.